The maximum atomic E-state index is 5.62. The molecule has 2 aliphatic heterocycles. The molecule has 2 fully saturated rings. The summed E-state index contributed by atoms with van der Waals surface area (Å²) in [7, 11) is 4.21. The number of ether oxygens (including phenoxy) is 1. The Morgan fingerprint density at radius 1 is 1.50 bits per heavy atom. The van der Waals surface area contributed by atoms with Crippen molar-refractivity contribution in [3.05, 3.63) is 16.1 Å². The van der Waals surface area contributed by atoms with E-state index in [4.69, 9.17) is 4.74 Å². The maximum absolute atomic E-state index is 5.62. The molecule has 0 amide bonds. The molecular weight excluding hydrogens is 290 g/mol. The van der Waals surface area contributed by atoms with Crippen molar-refractivity contribution in [1.82, 2.24) is 14.8 Å². The fourth-order valence-electron chi connectivity index (χ4n) is 2.94. The molecule has 0 unspecified atom stereocenters. The highest BCUT2D eigenvalue weighted by molar-refractivity contribution is 8.00. The van der Waals surface area contributed by atoms with Gasteiger partial charge in [-0.3, -0.25) is 4.90 Å². The van der Waals surface area contributed by atoms with Crippen LogP contribution >= 0.6 is 23.1 Å². The summed E-state index contributed by atoms with van der Waals surface area (Å²) in [5.41, 5.74) is 0. The van der Waals surface area contributed by atoms with Gasteiger partial charge < -0.3 is 9.64 Å². The van der Waals surface area contributed by atoms with Crippen molar-refractivity contribution in [1.29, 1.82) is 0 Å². The largest absolute Gasteiger partial charge is 0.380 e. The van der Waals surface area contributed by atoms with Crippen LogP contribution in [0, 0.1) is 0 Å². The van der Waals surface area contributed by atoms with Crippen LogP contribution in [0.15, 0.2) is 6.20 Å². The van der Waals surface area contributed by atoms with Gasteiger partial charge in [0.05, 0.1) is 13.2 Å². The van der Waals surface area contributed by atoms with Crippen molar-refractivity contribution < 1.29 is 4.74 Å². The average Bonchev–Trinajstić information content (AvgIpc) is 2.86. The molecule has 2 atom stereocenters. The number of thiazole rings is 1. The summed E-state index contributed by atoms with van der Waals surface area (Å²) in [5, 5.41) is 1.93. The standard InChI is InChI=1S/C14H23N3OS2/c1-16(2)8-11-7-15-14(20-11)9-17-4-6-19-13-10-18-5-3-12(13)17/h7,12-13H,3-6,8-10H2,1-2H3/t12-,13+/m1/s1. The van der Waals surface area contributed by atoms with Crippen molar-refractivity contribution >= 4 is 23.1 Å². The van der Waals surface area contributed by atoms with Crippen LogP contribution in [0.4, 0.5) is 0 Å². The lowest BCUT2D eigenvalue weighted by atomic mass is 10.1. The SMILES string of the molecule is CN(C)Cc1cnc(CN2CCS[C@H]3COCC[C@H]32)s1. The number of hydrogen-bond acceptors (Lipinski definition) is 6. The van der Waals surface area contributed by atoms with Gasteiger partial charge in [-0.15, -0.1) is 11.3 Å². The Morgan fingerprint density at radius 2 is 2.40 bits per heavy atom. The van der Waals surface area contributed by atoms with Gasteiger partial charge >= 0.3 is 0 Å². The van der Waals surface area contributed by atoms with E-state index in [1.165, 1.54) is 28.6 Å². The molecule has 0 spiro atoms. The van der Waals surface area contributed by atoms with E-state index < -0.39 is 0 Å². The third-order valence-electron chi connectivity index (χ3n) is 3.86. The lowest BCUT2D eigenvalue weighted by Crippen LogP contribution is -2.51. The summed E-state index contributed by atoms with van der Waals surface area (Å²) >= 11 is 3.95. The minimum atomic E-state index is 0.665. The second-order valence-electron chi connectivity index (χ2n) is 5.77. The molecule has 0 aromatic carbocycles. The molecule has 0 N–H and O–H groups in total. The molecule has 6 heteroatoms. The van der Waals surface area contributed by atoms with E-state index in [2.05, 4.69) is 40.6 Å². The highest BCUT2D eigenvalue weighted by Crippen LogP contribution is 2.31. The number of fused-ring (bicyclic) bond motifs is 1. The molecule has 20 heavy (non-hydrogen) atoms. The molecule has 0 saturated carbocycles. The lowest BCUT2D eigenvalue weighted by Gasteiger charge is -2.43. The Bertz CT molecular complexity index is 436. The van der Waals surface area contributed by atoms with Crippen LogP contribution in [-0.4, -0.2) is 65.7 Å². The van der Waals surface area contributed by atoms with Gasteiger partial charge in [0, 0.05) is 47.8 Å². The van der Waals surface area contributed by atoms with E-state index in [1.54, 1.807) is 0 Å². The van der Waals surface area contributed by atoms with Crippen LogP contribution < -0.4 is 0 Å². The molecular formula is C14H23N3OS2. The Balaban J connectivity index is 1.62. The van der Waals surface area contributed by atoms with Crippen LogP contribution in [0.1, 0.15) is 16.3 Å². The molecule has 1 aromatic rings. The van der Waals surface area contributed by atoms with Gasteiger partial charge in [0.15, 0.2) is 0 Å². The van der Waals surface area contributed by atoms with Crippen LogP contribution in [0.3, 0.4) is 0 Å². The van der Waals surface area contributed by atoms with E-state index in [9.17, 15) is 0 Å². The van der Waals surface area contributed by atoms with Gasteiger partial charge in [-0.2, -0.15) is 11.8 Å². The summed E-state index contributed by atoms with van der Waals surface area (Å²) in [6.45, 7) is 5.04. The van der Waals surface area contributed by atoms with Crippen LogP contribution in [-0.2, 0) is 17.8 Å². The van der Waals surface area contributed by atoms with Gasteiger partial charge in [0.2, 0.25) is 0 Å². The monoisotopic (exact) mass is 313 g/mol. The summed E-state index contributed by atoms with van der Waals surface area (Å²) in [6, 6.07) is 0.684. The molecule has 3 rings (SSSR count). The first-order valence-electron chi connectivity index (χ1n) is 7.24. The molecule has 2 aliphatic rings. The van der Waals surface area contributed by atoms with Gasteiger partial charge in [-0.25, -0.2) is 4.98 Å². The fraction of sp³-hybridized carbons (Fsp3) is 0.786. The predicted octanol–water partition coefficient (Wildman–Crippen LogP) is 1.91. The zero-order valence-corrected chi connectivity index (χ0v) is 13.9. The van der Waals surface area contributed by atoms with Gasteiger partial charge in [0.25, 0.3) is 0 Å². The van der Waals surface area contributed by atoms with Gasteiger partial charge in [-0.05, 0) is 20.5 Å². The summed E-state index contributed by atoms with van der Waals surface area (Å²) in [5.74, 6) is 1.22. The third kappa shape index (κ3) is 3.54. The second-order valence-corrected chi connectivity index (χ2v) is 8.32. The fourth-order valence-corrected chi connectivity index (χ4v) is 5.37. The first-order chi connectivity index (χ1) is 9.72. The van der Waals surface area contributed by atoms with Crippen LogP contribution in [0.5, 0.6) is 0 Å². The third-order valence-corrected chi connectivity index (χ3v) is 6.12. The minimum Gasteiger partial charge on any atom is -0.380 e. The van der Waals surface area contributed by atoms with Crippen molar-refractivity contribution in [2.24, 2.45) is 0 Å². The van der Waals surface area contributed by atoms with Crippen molar-refractivity contribution in [3.8, 4) is 0 Å². The topological polar surface area (TPSA) is 28.6 Å². The number of hydrogen-bond donors (Lipinski definition) is 0. The Labute approximate surface area is 129 Å². The van der Waals surface area contributed by atoms with Crippen molar-refractivity contribution in [3.63, 3.8) is 0 Å². The Hall–Kier alpha value is -0.140. The van der Waals surface area contributed by atoms with E-state index in [0.29, 0.717) is 11.3 Å². The van der Waals surface area contributed by atoms with E-state index in [0.717, 1.165) is 26.3 Å². The minimum absolute atomic E-state index is 0.665. The van der Waals surface area contributed by atoms with E-state index >= 15 is 0 Å². The Morgan fingerprint density at radius 3 is 3.25 bits per heavy atom. The molecule has 0 radical (unpaired) electrons. The Kier molecular flexibility index (Phi) is 4.99. The number of nitrogens with zero attached hydrogens (tertiary/aromatic N) is 3. The molecule has 112 valence electrons. The summed E-state index contributed by atoms with van der Waals surface area (Å²) < 4.78 is 5.62. The van der Waals surface area contributed by atoms with Crippen molar-refractivity contribution in [2.45, 2.75) is 30.8 Å². The van der Waals surface area contributed by atoms with Crippen LogP contribution in [0.2, 0.25) is 0 Å². The number of thioether (sulfide) groups is 1. The molecule has 4 nitrogen and oxygen atoms in total. The van der Waals surface area contributed by atoms with E-state index in [1.807, 2.05) is 17.5 Å². The molecule has 2 saturated heterocycles. The predicted molar refractivity (Wildman–Crippen MR) is 85.4 cm³/mol. The molecule has 3 heterocycles. The zero-order chi connectivity index (χ0) is 13.9. The number of rotatable bonds is 4. The smallest absolute Gasteiger partial charge is 0.107 e. The maximum Gasteiger partial charge on any atom is 0.107 e. The molecule has 0 aliphatic carbocycles. The molecule has 1 aromatic heterocycles. The lowest BCUT2D eigenvalue weighted by molar-refractivity contribution is 0.0351. The first kappa shape index (κ1) is 14.8. The van der Waals surface area contributed by atoms with E-state index in [-0.39, 0.29) is 0 Å². The normalized spacial score (nSPS) is 27.8. The highest BCUT2D eigenvalue weighted by Gasteiger charge is 2.34. The quantitative estimate of drug-likeness (QED) is 0.847. The molecule has 0 bridgehead atoms. The number of aromatic nitrogens is 1. The van der Waals surface area contributed by atoms with Gasteiger partial charge in [0.1, 0.15) is 5.01 Å². The van der Waals surface area contributed by atoms with Gasteiger partial charge in [-0.1, -0.05) is 0 Å². The highest BCUT2D eigenvalue weighted by atomic mass is 32.2. The van der Waals surface area contributed by atoms with Crippen molar-refractivity contribution in [2.75, 3.05) is 39.6 Å². The van der Waals surface area contributed by atoms with Crippen LogP contribution in [0.25, 0.3) is 0 Å². The summed E-state index contributed by atoms with van der Waals surface area (Å²) in [4.78, 5) is 10.8. The average molecular weight is 313 g/mol. The summed E-state index contributed by atoms with van der Waals surface area (Å²) in [6.07, 6.45) is 3.22. The second kappa shape index (κ2) is 6.75. The first-order valence-corrected chi connectivity index (χ1v) is 9.10. The zero-order valence-electron chi connectivity index (χ0n) is 12.2.